The minimum absolute atomic E-state index is 0.0806. The molecule has 4 rings (SSSR count). The number of carbonyl (C=O) groups is 1. The van der Waals surface area contributed by atoms with Crippen LogP contribution in [0.4, 0.5) is 4.39 Å². The molecule has 0 spiro atoms. The first-order valence-electron chi connectivity index (χ1n) is 11.1. The lowest BCUT2D eigenvalue weighted by Gasteiger charge is -2.57. The molecule has 162 valence electrons. The van der Waals surface area contributed by atoms with E-state index in [1.165, 1.54) is 6.07 Å². The van der Waals surface area contributed by atoms with Gasteiger partial charge in [0.25, 0.3) is 0 Å². The smallest absolute Gasteiger partial charge is 0.222 e. The van der Waals surface area contributed by atoms with Gasteiger partial charge in [-0.1, -0.05) is 43.0 Å². The second-order valence-corrected chi connectivity index (χ2v) is 8.33. The monoisotopic (exact) mass is 420 g/mol. The molecule has 2 saturated heterocycles. The number of nitrogens with zero attached hydrogens (tertiary/aromatic N) is 2. The van der Waals surface area contributed by atoms with Crippen LogP contribution in [0.25, 0.3) is 0 Å². The number of hydrogen-bond acceptors (Lipinski definition) is 3. The zero-order valence-electron chi connectivity index (χ0n) is 17.9. The Bertz CT molecular complexity index is 979. The Morgan fingerprint density at radius 2 is 1.84 bits per heavy atom. The van der Waals surface area contributed by atoms with Gasteiger partial charge in [0.2, 0.25) is 5.91 Å². The Balaban J connectivity index is 1.53. The number of aliphatic hydroxyl groups is 1. The van der Waals surface area contributed by atoms with Gasteiger partial charge in [0, 0.05) is 43.1 Å². The SMILES string of the molecule is CCC(=O)N1CCCCN2[C@@H](CO)[C@H](c3ccc(C#Cc4ccccc4F)cc3)[C@@H]2C1. The number of hydrogen-bond donors (Lipinski definition) is 1. The van der Waals surface area contributed by atoms with Crippen LogP contribution in [0.3, 0.4) is 0 Å². The first-order valence-corrected chi connectivity index (χ1v) is 11.1. The van der Waals surface area contributed by atoms with Crippen molar-refractivity contribution in [3.05, 3.63) is 71.0 Å². The molecule has 0 saturated carbocycles. The Morgan fingerprint density at radius 1 is 1.10 bits per heavy atom. The summed E-state index contributed by atoms with van der Waals surface area (Å²) in [4.78, 5) is 16.7. The molecule has 0 aromatic heterocycles. The largest absolute Gasteiger partial charge is 0.395 e. The highest BCUT2D eigenvalue weighted by Crippen LogP contribution is 2.42. The van der Waals surface area contributed by atoms with E-state index in [0.29, 0.717) is 18.5 Å². The van der Waals surface area contributed by atoms with Gasteiger partial charge in [0.15, 0.2) is 0 Å². The summed E-state index contributed by atoms with van der Waals surface area (Å²) in [6, 6.07) is 14.8. The van der Waals surface area contributed by atoms with Crippen molar-refractivity contribution in [3.63, 3.8) is 0 Å². The topological polar surface area (TPSA) is 43.8 Å². The molecule has 2 aromatic rings. The lowest BCUT2D eigenvalue weighted by Crippen LogP contribution is -2.67. The predicted molar refractivity (Wildman–Crippen MR) is 119 cm³/mol. The maximum absolute atomic E-state index is 13.8. The van der Waals surface area contributed by atoms with Gasteiger partial charge >= 0.3 is 0 Å². The molecule has 3 atom stereocenters. The number of amides is 1. The molecular weight excluding hydrogens is 391 g/mol. The molecule has 0 aliphatic carbocycles. The fourth-order valence-electron chi connectivity index (χ4n) is 4.88. The molecule has 1 amide bonds. The summed E-state index contributed by atoms with van der Waals surface area (Å²) in [6.07, 6.45) is 2.57. The first-order chi connectivity index (χ1) is 15.1. The van der Waals surface area contributed by atoms with E-state index in [9.17, 15) is 14.3 Å². The normalized spacial score (nSPS) is 23.6. The number of aliphatic hydroxyl groups excluding tert-OH is 1. The van der Waals surface area contributed by atoms with Crippen LogP contribution < -0.4 is 0 Å². The molecule has 0 unspecified atom stereocenters. The van der Waals surface area contributed by atoms with Crippen molar-refractivity contribution < 1.29 is 14.3 Å². The van der Waals surface area contributed by atoms with Crippen LogP contribution in [-0.4, -0.2) is 59.1 Å². The molecule has 0 radical (unpaired) electrons. The third-order valence-electron chi connectivity index (χ3n) is 6.54. The van der Waals surface area contributed by atoms with E-state index in [0.717, 1.165) is 37.1 Å². The summed E-state index contributed by atoms with van der Waals surface area (Å²) in [5.74, 6) is 5.99. The fourth-order valence-corrected chi connectivity index (χ4v) is 4.88. The van der Waals surface area contributed by atoms with Crippen molar-refractivity contribution in [3.8, 4) is 11.8 Å². The molecule has 2 aliphatic rings. The highest BCUT2D eigenvalue weighted by atomic mass is 19.1. The number of benzene rings is 2. The lowest BCUT2D eigenvalue weighted by atomic mass is 9.74. The summed E-state index contributed by atoms with van der Waals surface area (Å²) in [6.45, 7) is 4.51. The first kappa shape index (κ1) is 21.5. The van der Waals surface area contributed by atoms with Crippen molar-refractivity contribution in [1.29, 1.82) is 0 Å². The summed E-state index contributed by atoms with van der Waals surface area (Å²) in [5.41, 5.74) is 2.36. The quantitative estimate of drug-likeness (QED) is 0.775. The molecule has 0 bridgehead atoms. The third kappa shape index (κ3) is 4.51. The second-order valence-electron chi connectivity index (χ2n) is 8.33. The van der Waals surface area contributed by atoms with Crippen molar-refractivity contribution >= 4 is 5.91 Å². The van der Waals surface area contributed by atoms with Crippen LogP contribution in [0.1, 0.15) is 48.8 Å². The minimum Gasteiger partial charge on any atom is -0.395 e. The highest BCUT2D eigenvalue weighted by Gasteiger charge is 2.49. The Morgan fingerprint density at radius 3 is 2.55 bits per heavy atom. The fraction of sp³-hybridized carbons (Fsp3) is 0.423. The molecule has 2 aliphatic heterocycles. The number of carbonyl (C=O) groups excluding carboxylic acids is 1. The average molecular weight is 421 g/mol. The van der Waals surface area contributed by atoms with Gasteiger partial charge in [-0.25, -0.2) is 4.39 Å². The Labute approximate surface area is 183 Å². The molecule has 4 nitrogen and oxygen atoms in total. The molecule has 2 aromatic carbocycles. The molecule has 2 fully saturated rings. The van der Waals surface area contributed by atoms with Crippen molar-refractivity contribution in [2.75, 3.05) is 26.2 Å². The number of rotatable bonds is 3. The maximum atomic E-state index is 13.8. The van der Waals surface area contributed by atoms with Crippen LogP contribution in [0, 0.1) is 17.7 Å². The van der Waals surface area contributed by atoms with Crippen LogP contribution >= 0.6 is 0 Å². The molecule has 2 heterocycles. The minimum atomic E-state index is -0.317. The highest BCUT2D eigenvalue weighted by molar-refractivity contribution is 5.75. The predicted octanol–water partition coefficient (Wildman–Crippen LogP) is 3.39. The molecule has 5 heteroatoms. The van der Waals surface area contributed by atoms with E-state index in [-0.39, 0.29) is 36.3 Å². The zero-order chi connectivity index (χ0) is 21.8. The van der Waals surface area contributed by atoms with Gasteiger partial charge in [-0.15, -0.1) is 0 Å². The van der Waals surface area contributed by atoms with Gasteiger partial charge in [0.1, 0.15) is 5.82 Å². The van der Waals surface area contributed by atoms with Crippen molar-refractivity contribution in [1.82, 2.24) is 9.80 Å². The van der Waals surface area contributed by atoms with Gasteiger partial charge in [0.05, 0.1) is 12.2 Å². The lowest BCUT2D eigenvalue weighted by molar-refractivity contribution is -0.136. The summed E-state index contributed by atoms with van der Waals surface area (Å²) in [7, 11) is 0. The van der Waals surface area contributed by atoms with Gasteiger partial charge in [-0.05, 0) is 49.2 Å². The van der Waals surface area contributed by atoms with E-state index in [2.05, 4.69) is 28.9 Å². The summed E-state index contributed by atoms with van der Waals surface area (Å²) < 4.78 is 13.8. The second kappa shape index (κ2) is 9.64. The van der Waals surface area contributed by atoms with Gasteiger partial charge in [-0.3, -0.25) is 9.69 Å². The Hall–Kier alpha value is -2.68. The van der Waals surface area contributed by atoms with E-state index in [4.69, 9.17) is 0 Å². The molecule has 31 heavy (non-hydrogen) atoms. The standard InChI is InChI=1S/C26H29FN2O2/c1-2-25(31)28-15-5-6-16-29-23(17-28)26(24(29)18-30)21-13-10-19(11-14-21)9-12-20-7-3-4-8-22(20)27/h3-4,7-8,10-11,13-14,23-24,26,30H,2,5-6,15-18H2,1H3/t23-,24-,26+/m0/s1. The third-order valence-corrected chi connectivity index (χ3v) is 6.54. The van der Waals surface area contributed by atoms with E-state index in [1.807, 2.05) is 24.0 Å². The summed E-state index contributed by atoms with van der Waals surface area (Å²) in [5, 5.41) is 10.1. The average Bonchev–Trinajstić information content (AvgIpc) is 2.78. The van der Waals surface area contributed by atoms with Crippen molar-refractivity contribution in [2.45, 2.75) is 44.2 Å². The maximum Gasteiger partial charge on any atom is 0.222 e. The molecular formula is C26H29FN2O2. The van der Waals surface area contributed by atoms with Crippen LogP contribution in [-0.2, 0) is 4.79 Å². The molecule has 1 N–H and O–H groups in total. The van der Waals surface area contributed by atoms with Gasteiger partial charge < -0.3 is 10.0 Å². The van der Waals surface area contributed by atoms with E-state index in [1.54, 1.807) is 18.2 Å². The van der Waals surface area contributed by atoms with Crippen LogP contribution in [0.2, 0.25) is 0 Å². The number of fused-ring (bicyclic) bond motifs is 1. The summed E-state index contributed by atoms with van der Waals surface area (Å²) >= 11 is 0. The zero-order valence-corrected chi connectivity index (χ0v) is 17.9. The Kier molecular flexibility index (Phi) is 6.70. The van der Waals surface area contributed by atoms with Gasteiger partial charge in [-0.2, -0.15) is 0 Å². The van der Waals surface area contributed by atoms with Crippen molar-refractivity contribution in [2.24, 2.45) is 0 Å². The van der Waals surface area contributed by atoms with Crippen LogP contribution in [0.15, 0.2) is 48.5 Å². The van der Waals surface area contributed by atoms with E-state index >= 15 is 0 Å². The number of halogens is 1. The van der Waals surface area contributed by atoms with E-state index < -0.39 is 0 Å². The van der Waals surface area contributed by atoms with Crippen LogP contribution in [0.5, 0.6) is 0 Å².